The number of ether oxygens (including phenoxy) is 1. The molecule has 0 aliphatic carbocycles. The van der Waals surface area contributed by atoms with E-state index in [0.717, 1.165) is 21.9 Å². The number of nitrogens with one attached hydrogen (secondary N) is 1. The van der Waals surface area contributed by atoms with E-state index in [1.54, 1.807) is 36.4 Å². The number of halogens is 1. The predicted molar refractivity (Wildman–Crippen MR) is 158 cm³/mol. The smallest absolute Gasteiger partial charge is 0.264 e. The highest BCUT2D eigenvalue weighted by Crippen LogP contribution is 2.27. The number of amides is 2. The average molecular weight is 586 g/mol. The molecule has 0 radical (unpaired) electrons. The van der Waals surface area contributed by atoms with E-state index in [4.69, 9.17) is 16.3 Å². The van der Waals surface area contributed by atoms with Crippen molar-refractivity contribution in [1.82, 2.24) is 10.2 Å². The van der Waals surface area contributed by atoms with Crippen LogP contribution in [0.4, 0.5) is 5.69 Å². The molecule has 0 aliphatic rings. The Bertz CT molecular complexity index is 1380. The molecule has 3 rings (SSSR count). The second-order valence-corrected chi connectivity index (χ2v) is 11.7. The molecular weight excluding hydrogens is 550 g/mol. The van der Waals surface area contributed by atoms with Gasteiger partial charge in [-0.3, -0.25) is 13.9 Å². The summed E-state index contributed by atoms with van der Waals surface area (Å²) in [6, 6.07) is 19.1. The molecule has 1 N–H and O–H groups in total. The van der Waals surface area contributed by atoms with E-state index in [-0.39, 0.29) is 23.0 Å². The minimum atomic E-state index is -4.18. The highest BCUT2D eigenvalue weighted by molar-refractivity contribution is 7.92. The first-order valence-electron chi connectivity index (χ1n) is 13.2. The Morgan fingerprint density at radius 1 is 0.950 bits per heavy atom. The number of rotatable bonds is 13. The van der Waals surface area contributed by atoms with Gasteiger partial charge in [0.15, 0.2) is 0 Å². The van der Waals surface area contributed by atoms with Crippen LogP contribution in [0.5, 0.6) is 5.75 Å². The summed E-state index contributed by atoms with van der Waals surface area (Å²) in [6.07, 6.45) is 1.11. The Kier molecular flexibility index (Phi) is 11.0. The van der Waals surface area contributed by atoms with Gasteiger partial charge in [-0.05, 0) is 73.9 Å². The fourth-order valence-electron chi connectivity index (χ4n) is 4.19. The standard InChI is InChI=1S/C30H36ClN3O5S/c1-5-19-32-30(36)28(6-2)33(20-23-9-7-22(3)8-10-23)29(35)21-34(25-13-11-24(31)12-14-25)40(37,38)27-17-15-26(39-4)16-18-27/h7-18,28H,5-6,19-21H2,1-4H3,(H,32,36)/t28-/m0/s1. The molecule has 0 fully saturated rings. The van der Waals surface area contributed by atoms with Crippen molar-refractivity contribution in [3.05, 3.63) is 88.9 Å². The molecule has 214 valence electrons. The monoisotopic (exact) mass is 585 g/mol. The van der Waals surface area contributed by atoms with Crippen LogP contribution in [0.1, 0.15) is 37.8 Å². The first kappa shape index (κ1) is 31.0. The number of nitrogens with zero attached hydrogens (tertiary/aromatic N) is 2. The minimum absolute atomic E-state index is 0.00568. The maximum absolute atomic E-state index is 14.0. The number of carbonyl (C=O) groups is 2. The van der Waals surface area contributed by atoms with Gasteiger partial charge in [0.05, 0.1) is 17.7 Å². The van der Waals surface area contributed by atoms with Gasteiger partial charge < -0.3 is 15.0 Å². The van der Waals surface area contributed by atoms with Crippen LogP contribution in [0.15, 0.2) is 77.7 Å². The van der Waals surface area contributed by atoms with Gasteiger partial charge in [0.25, 0.3) is 10.0 Å². The van der Waals surface area contributed by atoms with Crippen LogP contribution in [0.2, 0.25) is 5.02 Å². The van der Waals surface area contributed by atoms with Crippen LogP contribution in [0, 0.1) is 6.92 Å². The lowest BCUT2D eigenvalue weighted by molar-refractivity contribution is -0.140. The number of hydrogen-bond acceptors (Lipinski definition) is 5. The van der Waals surface area contributed by atoms with E-state index in [2.05, 4.69) is 5.32 Å². The van der Waals surface area contributed by atoms with Crippen molar-refractivity contribution in [3.63, 3.8) is 0 Å². The number of sulfonamides is 1. The van der Waals surface area contributed by atoms with E-state index in [9.17, 15) is 18.0 Å². The number of anilines is 1. The normalized spacial score (nSPS) is 11.9. The summed E-state index contributed by atoms with van der Waals surface area (Å²) in [4.78, 5) is 28.6. The molecule has 0 bridgehead atoms. The molecule has 0 aliphatic heterocycles. The van der Waals surface area contributed by atoms with Crippen LogP contribution >= 0.6 is 11.6 Å². The van der Waals surface area contributed by atoms with Crippen LogP contribution in [-0.4, -0.2) is 51.4 Å². The van der Waals surface area contributed by atoms with Crippen LogP contribution in [0.25, 0.3) is 0 Å². The van der Waals surface area contributed by atoms with Crippen molar-refractivity contribution in [3.8, 4) is 5.75 Å². The SMILES string of the molecule is CCCNC(=O)[C@H](CC)N(Cc1ccc(C)cc1)C(=O)CN(c1ccc(Cl)cc1)S(=O)(=O)c1ccc(OC)cc1. The zero-order valence-corrected chi connectivity index (χ0v) is 24.8. The molecule has 3 aromatic carbocycles. The number of hydrogen-bond donors (Lipinski definition) is 1. The highest BCUT2D eigenvalue weighted by atomic mass is 35.5. The molecule has 0 spiro atoms. The predicted octanol–water partition coefficient (Wildman–Crippen LogP) is 5.19. The van der Waals surface area contributed by atoms with Gasteiger partial charge in [-0.25, -0.2) is 8.42 Å². The Labute approximate surface area is 241 Å². The molecular formula is C30H36ClN3O5S. The fraction of sp³-hybridized carbons (Fsp3) is 0.333. The summed E-state index contributed by atoms with van der Waals surface area (Å²) >= 11 is 6.07. The van der Waals surface area contributed by atoms with Crippen molar-refractivity contribution in [1.29, 1.82) is 0 Å². The Morgan fingerprint density at radius 2 is 1.57 bits per heavy atom. The quantitative estimate of drug-likeness (QED) is 0.298. The lowest BCUT2D eigenvalue weighted by atomic mass is 10.1. The number of benzene rings is 3. The van der Waals surface area contributed by atoms with Crippen LogP contribution in [0.3, 0.4) is 0 Å². The summed E-state index contributed by atoms with van der Waals surface area (Å²) in [5, 5.41) is 3.31. The highest BCUT2D eigenvalue weighted by Gasteiger charge is 2.33. The number of carbonyl (C=O) groups excluding carboxylic acids is 2. The van der Waals surface area contributed by atoms with Crippen molar-refractivity contribution < 1.29 is 22.7 Å². The molecule has 10 heteroatoms. The maximum Gasteiger partial charge on any atom is 0.264 e. The largest absolute Gasteiger partial charge is 0.497 e. The second-order valence-electron chi connectivity index (χ2n) is 9.39. The Hall–Kier alpha value is -3.56. The lowest BCUT2D eigenvalue weighted by Crippen LogP contribution is -2.52. The van der Waals surface area contributed by atoms with Crippen molar-refractivity contribution in [2.75, 3.05) is 24.5 Å². The molecule has 3 aromatic rings. The first-order chi connectivity index (χ1) is 19.1. The van der Waals surface area contributed by atoms with Gasteiger partial charge >= 0.3 is 0 Å². The van der Waals surface area contributed by atoms with E-state index in [1.165, 1.54) is 24.1 Å². The average Bonchev–Trinajstić information content (AvgIpc) is 2.96. The molecule has 1 atom stereocenters. The zero-order chi connectivity index (χ0) is 29.3. The molecule has 2 amide bonds. The summed E-state index contributed by atoms with van der Waals surface area (Å²) < 4.78 is 34.0. The number of methoxy groups -OCH3 is 1. The van der Waals surface area contributed by atoms with Crippen LogP contribution < -0.4 is 14.4 Å². The van der Waals surface area contributed by atoms with Gasteiger partial charge in [-0.15, -0.1) is 0 Å². The third-order valence-electron chi connectivity index (χ3n) is 6.45. The number of aryl methyl sites for hydroxylation is 1. The van der Waals surface area contributed by atoms with E-state index >= 15 is 0 Å². The molecule has 0 aromatic heterocycles. The second kappa shape index (κ2) is 14.2. The third kappa shape index (κ3) is 7.76. The molecule has 0 saturated carbocycles. The molecule has 40 heavy (non-hydrogen) atoms. The Balaban J connectivity index is 2.04. The lowest BCUT2D eigenvalue weighted by Gasteiger charge is -2.33. The van der Waals surface area contributed by atoms with Gasteiger partial charge in [0.1, 0.15) is 18.3 Å². The zero-order valence-electron chi connectivity index (χ0n) is 23.3. The molecule has 0 unspecified atom stereocenters. The summed E-state index contributed by atoms with van der Waals surface area (Å²) in [5.41, 5.74) is 2.16. The van der Waals surface area contributed by atoms with Gasteiger partial charge in [0.2, 0.25) is 11.8 Å². The first-order valence-corrected chi connectivity index (χ1v) is 15.0. The molecule has 0 saturated heterocycles. The van der Waals surface area contributed by atoms with E-state index < -0.39 is 28.5 Å². The van der Waals surface area contributed by atoms with Crippen molar-refractivity contribution in [2.24, 2.45) is 0 Å². The van der Waals surface area contributed by atoms with E-state index in [1.807, 2.05) is 45.0 Å². The Morgan fingerprint density at radius 3 is 2.12 bits per heavy atom. The maximum atomic E-state index is 14.0. The van der Waals surface area contributed by atoms with Crippen molar-refractivity contribution in [2.45, 2.75) is 51.1 Å². The minimum Gasteiger partial charge on any atom is -0.497 e. The fourth-order valence-corrected chi connectivity index (χ4v) is 5.73. The van der Waals surface area contributed by atoms with Gasteiger partial charge in [0, 0.05) is 18.1 Å². The molecule has 8 nitrogen and oxygen atoms in total. The van der Waals surface area contributed by atoms with Crippen LogP contribution in [-0.2, 0) is 26.2 Å². The van der Waals surface area contributed by atoms with Gasteiger partial charge in [-0.2, -0.15) is 0 Å². The topological polar surface area (TPSA) is 96.0 Å². The van der Waals surface area contributed by atoms with E-state index in [0.29, 0.717) is 23.7 Å². The van der Waals surface area contributed by atoms with Crippen molar-refractivity contribution >= 4 is 39.1 Å². The summed E-state index contributed by atoms with van der Waals surface area (Å²) in [5.74, 6) is -0.284. The summed E-state index contributed by atoms with van der Waals surface area (Å²) in [6.45, 7) is 5.85. The third-order valence-corrected chi connectivity index (χ3v) is 8.49. The van der Waals surface area contributed by atoms with Gasteiger partial charge in [-0.1, -0.05) is 55.3 Å². The molecule has 0 heterocycles. The summed E-state index contributed by atoms with van der Waals surface area (Å²) in [7, 11) is -2.69.